The molecular formula is C17H20ClFN2. The SMILES string of the molecule is CC(C)Cc1cccc(C(NN)c2ccc(Cl)c(F)c2)c1. The maximum atomic E-state index is 13.6. The number of rotatable bonds is 5. The third kappa shape index (κ3) is 4.03. The standard InChI is InChI=1S/C17H20ClFN2/c1-11(2)8-12-4-3-5-13(9-12)17(21-20)14-6-7-15(18)16(19)10-14/h3-7,9-11,17,21H,8,20H2,1-2H3. The smallest absolute Gasteiger partial charge is 0.142 e. The lowest BCUT2D eigenvalue weighted by Gasteiger charge is -2.18. The third-order valence-electron chi connectivity index (χ3n) is 3.37. The summed E-state index contributed by atoms with van der Waals surface area (Å²) in [6.45, 7) is 4.36. The summed E-state index contributed by atoms with van der Waals surface area (Å²) in [4.78, 5) is 0. The molecule has 112 valence electrons. The van der Waals surface area contributed by atoms with Crippen LogP contribution in [0.2, 0.25) is 5.02 Å². The zero-order valence-corrected chi connectivity index (χ0v) is 13.0. The molecule has 0 radical (unpaired) electrons. The van der Waals surface area contributed by atoms with Gasteiger partial charge in [0.2, 0.25) is 0 Å². The summed E-state index contributed by atoms with van der Waals surface area (Å²) in [5, 5.41) is 0.114. The second kappa shape index (κ2) is 7.03. The minimum absolute atomic E-state index is 0.114. The fourth-order valence-corrected chi connectivity index (χ4v) is 2.57. The van der Waals surface area contributed by atoms with E-state index >= 15 is 0 Å². The van der Waals surface area contributed by atoms with Gasteiger partial charge < -0.3 is 0 Å². The number of halogens is 2. The molecule has 2 nitrogen and oxygen atoms in total. The Morgan fingerprint density at radius 2 is 1.86 bits per heavy atom. The number of benzene rings is 2. The van der Waals surface area contributed by atoms with Gasteiger partial charge in [0, 0.05) is 0 Å². The van der Waals surface area contributed by atoms with Gasteiger partial charge in [-0.1, -0.05) is 55.8 Å². The van der Waals surface area contributed by atoms with Crippen molar-refractivity contribution in [1.82, 2.24) is 5.43 Å². The molecule has 21 heavy (non-hydrogen) atoms. The lowest BCUT2D eigenvalue weighted by atomic mass is 9.95. The zero-order chi connectivity index (χ0) is 15.4. The summed E-state index contributed by atoms with van der Waals surface area (Å²) in [7, 11) is 0. The predicted molar refractivity (Wildman–Crippen MR) is 85.6 cm³/mol. The highest BCUT2D eigenvalue weighted by atomic mass is 35.5. The third-order valence-corrected chi connectivity index (χ3v) is 3.68. The molecule has 0 saturated carbocycles. The summed E-state index contributed by atoms with van der Waals surface area (Å²) < 4.78 is 13.6. The molecule has 4 heteroatoms. The van der Waals surface area contributed by atoms with Crippen LogP contribution in [0.1, 0.15) is 36.6 Å². The van der Waals surface area contributed by atoms with Crippen molar-refractivity contribution in [3.63, 3.8) is 0 Å². The molecule has 0 bridgehead atoms. The molecule has 0 spiro atoms. The van der Waals surface area contributed by atoms with E-state index in [0.717, 1.165) is 17.5 Å². The van der Waals surface area contributed by atoms with Crippen LogP contribution >= 0.6 is 11.6 Å². The van der Waals surface area contributed by atoms with Gasteiger partial charge in [0.15, 0.2) is 0 Å². The highest BCUT2D eigenvalue weighted by Gasteiger charge is 2.14. The van der Waals surface area contributed by atoms with Crippen LogP contribution in [-0.4, -0.2) is 0 Å². The Labute approximate surface area is 130 Å². The monoisotopic (exact) mass is 306 g/mol. The van der Waals surface area contributed by atoms with Crippen LogP contribution in [0.4, 0.5) is 4.39 Å². The summed E-state index contributed by atoms with van der Waals surface area (Å²) >= 11 is 5.73. The van der Waals surface area contributed by atoms with Crippen molar-refractivity contribution in [2.24, 2.45) is 11.8 Å². The first-order chi connectivity index (χ1) is 10.0. The van der Waals surface area contributed by atoms with Gasteiger partial charge in [-0.3, -0.25) is 5.84 Å². The van der Waals surface area contributed by atoms with Gasteiger partial charge in [-0.05, 0) is 41.2 Å². The maximum absolute atomic E-state index is 13.6. The first-order valence-corrected chi connectivity index (χ1v) is 7.39. The molecule has 0 aliphatic carbocycles. The lowest BCUT2D eigenvalue weighted by molar-refractivity contribution is 0.604. The zero-order valence-electron chi connectivity index (χ0n) is 12.2. The molecule has 2 aromatic rings. The summed E-state index contributed by atoms with van der Waals surface area (Å²) in [5.74, 6) is 5.81. The normalized spacial score (nSPS) is 12.7. The molecule has 0 aliphatic rings. The molecule has 0 aromatic heterocycles. The van der Waals surface area contributed by atoms with Crippen LogP contribution in [0, 0.1) is 11.7 Å². The number of nitrogens with one attached hydrogen (secondary N) is 1. The second-order valence-electron chi connectivity index (χ2n) is 5.62. The Morgan fingerprint density at radius 1 is 1.14 bits per heavy atom. The van der Waals surface area contributed by atoms with E-state index in [9.17, 15) is 4.39 Å². The average molecular weight is 307 g/mol. The van der Waals surface area contributed by atoms with Gasteiger partial charge in [-0.25, -0.2) is 9.82 Å². The van der Waals surface area contributed by atoms with Gasteiger partial charge in [0.1, 0.15) is 5.82 Å². The van der Waals surface area contributed by atoms with Crippen molar-refractivity contribution in [2.75, 3.05) is 0 Å². The van der Waals surface area contributed by atoms with E-state index < -0.39 is 5.82 Å². The van der Waals surface area contributed by atoms with Crippen molar-refractivity contribution in [3.05, 3.63) is 70.0 Å². The molecule has 0 aliphatic heterocycles. The fraction of sp³-hybridized carbons (Fsp3) is 0.294. The van der Waals surface area contributed by atoms with Crippen molar-refractivity contribution in [1.29, 1.82) is 0 Å². The van der Waals surface area contributed by atoms with E-state index in [1.165, 1.54) is 11.6 Å². The van der Waals surface area contributed by atoms with E-state index in [0.29, 0.717) is 5.92 Å². The Bertz CT molecular complexity index is 613. The predicted octanol–water partition coefficient (Wildman–Crippen LogP) is 4.23. The Morgan fingerprint density at radius 3 is 2.48 bits per heavy atom. The van der Waals surface area contributed by atoms with Crippen LogP contribution in [0.3, 0.4) is 0 Å². The first-order valence-electron chi connectivity index (χ1n) is 7.01. The molecule has 0 saturated heterocycles. The molecule has 3 N–H and O–H groups in total. The van der Waals surface area contributed by atoms with Gasteiger partial charge in [0.25, 0.3) is 0 Å². The van der Waals surface area contributed by atoms with E-state index in [1.807, 2.05) is 12.1 Å². The average Bonchev–Trinajstić information content (AvgIpc) is 2.43. The largest absolute Gasteiger partial charge is 0.271 e. The van der Waals surface area contributed by atoms with Gasteiger partial charge in [-0.2, -0.15) is 0 Å². The second-order valence-corrected chi connectivity index (χ2v) is 6.02. The first kappa shape index (κ1) is 16.0. The maximum Gasteiger partial charge on any atom is 0.142 e. The number of nitrogens with two attached hydrogens (primary N) is 1. The summed E-state index contributed by atoms with van der Waals surface area (Å²) in [5.41, 5.74) is 5.76. The lowest BCUT2D eigenvalue weighted by Crippen LogP contribution is -2.29. The van der Waals surface area contributed by atoms with Gasteiger partial charge in [0.05, 0.1) is 11.1 Å². The van der Waals surface area contributed by atoms with E-state index in [-0.39, 0.29) is 11.1 Å². The van der Waals surface area contributed by atoms with E-state index in [2.05, 4.69) is 31.4 Å². The van der Waals surface area contributed by atoms with Gasteiger partial charge in [-0.15, -0.1) is 0 Å². The Balaban J connectivity index is 2.34. The molecule has 2 aromatic carbocycles. The number of hydrazine groups is 1. The van der Waals surface area contributed by atoms with Crippen molar-refractivity contribution >= 4 is 11.6 Å². The van der Waals surface area contributed by atoms with Crippen molar-refractivity contribution in [2.45, 2.75) is 26.3 Å². The van der Waals surface area contributed by atoms with Gasteiger partial charge >= 0.3 is 0 Å². The highest BCUT2D eigenvalue weighted by molar-refractivity contribution is 6.30. The molecule has 1 atom stereocenters. The molecular weight excluding hydrogens is 287 g/mol. The molecule has 0 heterocycles. The minimum Gasteiger partial charge on any atom is -0.271 e. The van der Waals surface area contributed by atoms with Crippen LogP contribution < -0.4 is 11.3 Å². The number of hydrogen-bond donors (Lipinski definition) is 2. The quantitative estimate of drug-likeness (QED) is 0.641. The minimum atomic E-state index is -0.437. The van der Waals surface area contributed by atoms with Crippen LogP contribution in [0.15, 0.2) is 42.5 Å². The van der Waals surface area contributed by atoms with E-state index in [4.69, 9.17) is 17.4 Å². The van der Waals surface area contributed by atoms with Crippen LogP contribution in [0.25, 0.3) is 0 Å². The molecule has 2 rings (SSSR count). The van der Waals surface area contributed by atoms with Crippen molar-refractivity contribution in [3.8, 4) is 0 Å². The Hall–Kier alpha value is -1.42. The molecule has 1 unspecified atom stereocenters. The van der Waals surface area contributed by atoms with E-state index in [1.54, 1.807) is 12.1 Å². The summed E-state index contributed by atoms with van der Waals surface area (Å²) in [6, 6.07) is 12.7. The molecule has 0 amide bonds. The van der Waals surface area contributed by atoms with Crippen LogP contribution in [-0.2, 0) is 6.42 Å². The number of hydrogen-bond acceptors (Lipinski definition) is 2. The fourth-order valence-electron chi connectivity index (χ4n) is 2.45. The molecule has 0 fully saturated rings. The topological polar surface area (TPSA) is 38.0 Å². The van der Waals surface area contributed by atoms with Crippen LogP contribution in [0.5, 0.6) is 0 Å². The highest BCUT2D eigenvalue weighted by Crippen LogP contribution is 2.26. The summed E-state index contributed by atoms with van der Waals surface area (Å²) in [6.07, 6.45) is 1.00. The Kier molecular flexibility index (Phi) is 5.34. The van der Waals surface area contributed by atoms with Crippen molar-refractivity contribution < 1.29 is 4.39 Å².